The van der Waals surface area contributed by atoms with Crippen molar-refractivity contribution in [3.63, 3.8) is 0 Å². The number of aromatic nitrogens is 2. The van der Waals surface area contributed by atoms with E-state index in [1.54, 1.807) is 6.20 Å². The van der Waals surface area contributed by atoms with Crippen LogP contribution in [0.3, 0.4) is 0 Å². The standard InChI is InChI=1S/C21H20Cl2N4O/c1-15-7-8-16(22)13-18(15)25-9-11-26(12-10-25)19-14-24-27(21(28)20(19)23)17-5-3-2-4-6-17/h2-8,13-14H,9-12H2,1H3. The van der Waals surface area contributed by atoms with Gasteiger partial charge in [0.2, 0.25) is 0 Å². The third-order valence-electron chi connectivity index (χ3n) is 5.03. The predicted molar refractivity (Wildman–Crippen MR) is 115 cm³/mol. The number of hydrogen-bond acceptors (Lipinski definition) is 4. The van der Waals surface area contributed by atoms with Crippen molar-refractivity contribution in [3.05, 3.63) is 80.7 Å². The first-order chi connectivity index (χ1) is 13.5. The lowest BCUT2D eigenvalue weighted by molar-refractivity contribution is 0.648. The average Bonchev–Trinajstić information content (AvgIpc) is 2.73. The smallest absolute Gasteiger partial charge is 0.292 e. The van der Waals surface area contributed by atoms with Crippen LogP contribution in [0.25, 0.3) is 5.69 Å². The van der Waals surface area contributed by atoms with E-state index < -0.39 is 0 Å². The number of aryl methyl sites for hydroxylation is 1. The molecule has 0 radical (unpaired) electrons. The molecule has 2 aromatic carbocycles. The van der Waals surface area contributed by atoms with Gasteiger partial charge in [-0.25, -0.2) is 0 Å². The van der Waals surface area contributed by atoms with E-state index in [4.69, 9.17) is 23.2 Å². The van der Waals surface area contributed by atoms with E-state index in [0.29, 0.717) is 11.4 Å². The lowest BCUT2D eigenvalue weighted by Gasteiger charge is -2.38. The molecule has 2 heterocycles. The summed E-state index contributed by atoms with van der Waals surface area (Å²) in [5.41, 5.74) is 3.42. The summed E-state index contributed by atoms with van der Waals surface area (Å²) in [5, 5.41) is 5.27. The summed E-state index contributed by atoms with van der Waals surface area (Å²) in [6.07, 6.45) is 1.68. The van der Waals surface area contributed by atoms with Gasteiger partial charge in [0.15, 0.2) is 0 Å². The summed E-state index contributed by atoms with van der Waals surface area (Å²) >= 11 is 12.6. The van der Waals surface area contributed by atoms with E-state index in [9.17, 15) is 4.79 Å². The van der Waals surface area contributed by atoms with E-state index >= 15 is 0 Å². The maximum Gasteiger partial charge on any atom is 0.292 e. The highest BCUT2D eigenvalue weighted by atomic mass is 35.5. The van der Waals surface area contributed by atoms with Crippen molar-refractivity contribution in [1.82, 2.24) is 9.78 Å². The van der Waals surface area contributed by atoms with E-state index in [-0.39, 0.29) is 10.6 Å². The van der Waals surface area contributed by atoms with E-state index in [1.165, 1.54) is 10.2 Å². The second-order valence-electron chi connectivity index (χ2n) is 6.80. The molecule has 0 atom stereocenters. The largest absolute Gasteiger partial charge is 0.368 e. The molecule has 1 aromatic heterocycles. The molecular formula is C21H20Cl2N4O. The Kier molecular flexibility index (Phi) is 5.29. The van der Waals surface area contributed by atoms with Crippen LogP contribution in [-0.4, -0.2) is 36.0 Å². The molecule has 1 saturated heterocycles. The van der Waals surface area contributed by atoms with Crippen molar-refractivity contribution >= 4 is 34.6 Å². The minimum Gasteiger partial charge on any atom is -0.368 e. The normalized spacial score (nSPS) is 14.4. The Morgan fingerprint density at radius 3 is 2.21 bits per heavy atom. The molecule has 5 nitrogen and oxygen atoms in total. The third kappa shape index (κ3) is 3.60. The van der Waals surface area contributed by atoms with Gasteiger partial charge in [0, 0.05) is 36.9 Å². The van der Waals surface area contributed by atoms with Gasteiger partial charge in [0.25, 0.3) is 5.56 Å². The summed E-state index contributed by atoms with van der Waals surface area (Å²) < 4.78 is 1.33. The number of piperazine rings is 1. The van der Waals surface area contributed by atoms with Gasteiger partial charge in [-0.2, -0.15) is 9.78 Å². The van der Waals surface area contributed by atoms with Crippen molar-refractivity contribution in [3.8, 4) is 5.69 Å². The lowest BCUT2D eigenvalue weighted by atomic mass is 10.1. The van der Waals surface area contributed by atoms with Gasteiger partial charge in [-0.3, -0.25) is 4.79 Å². The van der Waals surface area contributed by atoms with Crippen LogP contribution in [-0.2, 0) is 0 Å². The van der Waals surface area contributed by atoms with Gasteiger partial charge in [-0.1, -0.05) is 47.5 Å². The number of para-hydroxylation sites is 1. The number of nitrogens with zero attached hydrogens (tertiary/aromatic N) is 4. The Morgan fingerprint density at radius 2 is 1.54 bits per heavy atom. The first-order valence-corrected chi connectivity index (χ1v) is 9.89. The maximum absolute atomic E-state index is 12.7. The second-order valence-corrected chi connectivity index (χ2v) is 7.62. The van der Waals surface area contributed by atoms with Crippen LogP contribution in [0, 0.1) is 6.92 Å². The van der Waals surface area contributed by atoms with E-state index in [2.05, 4.69) is 21.8 Å². The monoisotopic (exact) mass is 414 g/mol. The molecule has 0 bridgehead atoms. The molecule has 0 spiro atoms. The van der Waals surface area contributed by atoms with Crippen molar-refractivity contribution in [1.29, 1.82) is 0 Å². The van der Waals surface area contributed by atoms with E-state index in [0.717, 1.165) is 36.9 Å². The lowest BCUT2D eigenvalue weighted by Crippen LogP contribution is -2.47. The Labute approximate surface area is 173 Å². The second kappa shape index (κ2) is 7.86. The van der Waals surface area contributed by atoms with Gasteiger partial charge in [0.05, 0.1) is 17.6 Å². The number of hydrogen-bond donors (Lipinski definition) is 0. The van der Waals surface area contributed by atoms with Crippen molar-refractivity contribution in [2.24, 2.45) is 0 Å². The first kappa shape index (κ1) is 18.8. The van der Waals surface area contributed by atoms with Gasteiger partial charge in [0.1, 0.15) is 5.02 Å². The van der Waals surface area contributed by atoms with Gasteiger partial charge >= 0.3 is 0 Å². The number of rotatable bonds is 3. The molecule has 0 N–H and O–H groups in total. The van der Waals surface area contributed by atoms with Crippen LogP contribution in [0.4, 0.5) is 11.4 Å². The van der Waals surface area contributed by atoms with Crippen LogP contribution in [0.15, 0.2) is 59.5 Å². The molecule has 0 aliphatic carbocycles. The summed E-state index contributed by atoms with van der Waals surface area (Å²) in [4.78, 5) is 17.1. The molecule has 7 heteroatoms. The zero-order valence-electron chi connectivity index (χ0n) is 15.5. The van der Waals surface area contributed by atoms with Crippen LogP contribution in [0.5, 0.6) is 0 Å². The van der Waals surface area contributed by atoms with Crippen LogP contribution in [0.1, 0.15) is 5.56 Å². The third-order valence-corrected chi connectivity index (χ3v) is 5.62. The molecule has 3 aromatic rings. The SMILES string of the molecule is Cc1ccc(Cl)cc1N1CCN(c2cnn(-c3ccccc3)c(=O)c2Cl)CC1. The Hall–Kier alpha value is -2.50. The van der Waals surface area contributed by atoms with Gasteiger partial charge < -0.3 is 9.80 Å². The summed E-state index contributed by atoms with van der Waals surface area (Å²) in [5.74, 6) is 0. The van der Waals surface area contributed by atoms with Gasteiger partial charge in [-0.15, -0.1) is 0 Å². The van der Waals surface area contributed by atoms with Crippen molar-refractivity contribution in [2.75, 3.05) is 36.0 Å². The zero-order valence-corrected chi connectivity index (χ0v) is 17.0. The number of anilines is 2. The molecule has 1 fully saturated rings. The van der Waals surface area contributed by atoms with Crippen LogP contribution >= 0.6 is 23.2 Å². The molecule has 0 unspecified atom stereocenters. The number of halogens is 2. The summed E-state index contributed by atoms with van der Waals surface area (Å²) in [7, 11) is 0. The molecular weight excluding hydrogens is 395 g/mol. The Morgan fingerprint density at radius 1 is 0.893 bits per heavy atom. The summed E-state index contributed by atoms with van der Waals surface area (Å²) in [6, 6.07) is 15.2. The Bertz CT molecular complexity index is 1040. The minimum absolute atomic E-state index is 0.200. The molecule has 144 valence electrons. The predicted octanol–water partition coefficient (Wildman–Crippen LogP) is 4.17. The Balaban J connectivity index is 1.54. The number of benzene rings is 2. The summed E-state index contributed by atoms with van der Waals surface area (Å²) in [6.45, 7) is 5.23. The van der Waals surface area contributed by atoms with Gasteiger partial charge in [-0.05, 0) is 36.8 Å². The topological polar surface area (TPSA) is 41.4 Å². The molecule has 0 amide bonds. The fourth-order valence-corrected chi connectivity index (χ4v) is 3.92. The fraction of sp³-hybridized carbons (Fsp3) is 0.238. The molecule has 4 rings (SSSR count). The highest BCUT2D eigenvalue weighted by Gasteiger charge is 2.22. The van der Waals surface area contributed by atoms with Crippen LogP contribution in [0.2, 0.25) is 10.0 Å². The highest BCUT2D eigenvalue weighted by Crippen LogP contribution is 2.28. The zero-order chi connectivity index (χ0) is 19.7. The van der Waals surface area contributed by atoms with Crippen molar-refractivity contribution in [2.45, 2.75) is 6.92 Å². The first-order valence-electron chi connectivity index (χ1n) is 9.14. The average molecular weight is 415 g/mol. The fourth-order valence-electron chi connectivity index (χ4n) is 3.51. The van der Waals surface area contributed by atoms with Crippen molar-refractivity contribution < 1.29 is 0 Å². The molecule has 28 heavy (non-hydrogen) atoms. The van der Waals surface area contributed by atoms with Crippen LogP contribution < -0.4 is 15.4 Å². The van der Waals surface area contributed by atoms with E-state index in [1.807, 2.05) is 48.5 Å². The molecule has 0 saturated carbocycles. The molecule has 1 aliphatic rings. The maximum atomic E-state index is 12.7. The quantitative estimate of drug-likeness (QED) is 0.644. The molecule has 1 aliphatic heterocycles. The minimum atomic E-state index is -0.307. The highest BCUT2D eigenvalue weighted by molar-refractivity contribution is 6.33.